The van der Waals surface area contributed by atoms with E-state index >= 15 is 0 Å². The van der Waals surface area contributed by atoms with Gasteiger partial charge in [-0.15, -0.1) is 0 Å². The van der Waals surface area contributed by atoms with Crippen LogP contribution in [0.1, 0.15) is 28.1 Å². The van der Waals surface area contributed by atoms with E-state index in [1.807, 2.05) is 30.3 Å². The number of anilines is 1. The zero-order valence-electron chi connectivity index (χ0n) is 15.8. The summed E-state index contributed by atoms with van der Waals surface area (Å²) >= 11 is 0. The Morgan fingerprint density at radius 2 is 2.00 bits per heavy atom. The molecule has 1 aromatic carbocycles. The summed E-state index contributed by atoms with van der Waals surface area (Å²) in [6.07, 6.45) is 4.61. The number of para-hydroxylation sites is 1. The largest absolute Gasteiger partial charge is 0.443 e. The van der Waals surface area contributed by atoms with Crippen molar-refractivity contribution in [3.8, 4) is 12.0 Å². The van der Waals surface area contributed by atoms with Crippen LogP contribution in [0.3, 0.4) is 0 Å². The van der Waals surface area contributed by atoms with Crippen molar-refractivity contribution >= 4 is 11.6 Å². The smallest absolute Gasteiger partial charge is 0.256 e. The highest BCUT2D eigenvalue weighted by Crippen LogP contribution is 2.26. The molecule has 1 unspecified atom stereocenters. The van der Waals surface area contributed by atoms with Crippen molar-refractivity contribution in [2.45, 2.75) is 13.3 Å². The standard InChI is InChI=1S/C22H22N4O2/c1-16-20(19(13-23)22(28-16)25-10-5-6-11-25)21(27)24-14-17-9-12-26(15-17)18-7-3-2-4-8-18/h2-8,10-11,17H,9,12,14-15H2,1H3,(H,24,27). The first-order valence-corrected chi connectivity index (χ1v) is 9.42. The van der Waals surface area contributed by atoms with Crippen molar-refractivity contribution in [1.29, 1.82) is 5.26 Å². The quantitative estimate of drug-likeness (QED) is 0.742. The normalized spacial score (nSPS) is 16.1. The van der Waals surface area contributed by atoms with Crippen LogP contribution in [-0.4, -0.2) is 30.1 Å². The van der Waals surface area contributed by atoms with Gasteiger partial charge in [-0.05, 0) is 43.5 Å². The van der Waals surface area contributed by atoms with Crippen LogP contribution in [0.4, 0.5) is 5.69 Å². The highest BCUT2D eigenvalue weighted by molar-refractivity contribution is 5.98. The number of benzene rings is 1. The fraction of sp³-hybridized carbons (Fsp3) is 0.273. The Balaban J connectivity index is 1.43. The van der Waals surface area contributed by atoms with E-state index in [2.05, 4.69) is 28.4 Å². The lowest BCUT2D eigenvalue weighted by molar-refractivity contribution is 0.0946. The average Bonchev–Trinajstić information content (AvgIpc) is 3.46. The number of nitrogens with zero attached hydrogens (tertiary/aromatic N) is 3. The van der Waals surface area contributed by atoms with E-state index in [-0.39, 0.29) is 11.5 Å². The summed E-state index contributed by atoms with van der Waals surface area (Å²) in [6, 6.07) is 16.1. The lowest BCUT2D eigenvalue weighted by Gasteiger charge is -2.18. The third kappa shape index (κ3) is 3.39. The number of hydrogen-bond donors (Lipinski definition) is 1. The topological polar surface area (TPSA) is 74.2 Å². The van der Waals surface area contributed by atoms with Gasteiger partial charge >= 0.3 is 0 Å². The van der Waals surface area contributed by atoms with Crippen molar-refractivity contribution in [3.05, 3.63) is 71.7 Å². The van der Waals surface area contributed by atoms with Crippen LogP contribution in [0.2, 0.25) is 0 Å². The number of carbonyl (C=O) groups excluding carboxylic acids is 1. The second kappa shape index (κ2) is 7.65. The Kier molecular flexibility index (Phi) is 4.90. The monoisotopic (exact) mass is 374 g/mol. The summed E-state index contributed by atoms with van der Waals surface area (Å²) in [5.74, 6) is 0.960. The SMILES string of the molecule is Cc1oc(-n2cccc2)c(C#N)c1C(=O)NCC1CCN(c2ccccc2)C1. The number of amides is 1. The summed E-state index contributed by atoms with van der Waals surface area (Å²) < 4.78 is 7.43. The van der Waals surface area contributed by atoms with Crippen molar-refractivity contribution in [3.63, 3.8) is 0 Å². The van der Waals surface area contributed by atoms with Crippen LogP contribution in [0.5, 0.6) is 0 Å². The summed E-state index contributed by atoms with van der Waals surface area (Å²) in [5, 5.41) is 12.6. The van der Waals surface area contributed by atoms with Crippen LogP contribution in [0, 0.1) is 24.2 Å². The zero-order valence-corrected chi connectivity index (χ0v) is 15.8. The number of carbonyl (C=O) groups is 1. The van der Waals surface area contributed by atoms with Crippen molar-refractivity contribution in [2.75, 3.05) is 24.5 Å². The molecule has 1 fully saturated rings. The second-order valence-electron chi connectivity index (χ2n) is 7.06. The number of rotatable bonds is 5. The number of aryl methyl sites for hydroxylation is 1. The number of furan rings is 1. The summed E-state index contributed by atoms with van der Waals surface area (Å²) in [6.45, 7) is 4.19. The molecule has 6 heteroatoms. The molecule has 3 aromatic rings. The minimum atomic E-state index is -0.255. The van der Waals surface area contributed by atoms with E-state index in [1.165, 1.54) is 5.69 Å². The molecule has 6 nitrogen and oxygen atoms in total. The molecule has 1 atom stereocenters. The molecule has 4 rings (SSSR count). The van der Waals surface area contributed by atoms with E-state index in [0.717, 1.165) is 19.5 Å². The van der Waals surface area contributed by atoms with Crippen molar-refractivity contribution < 1.29 is 9.21 Å². The first kappa shape index (κ1) is 17.9. The molecule has 28 heavy (non-hydrogen) atoms. The highest BCUT2D eigenvalue weighted by atomic mass is 16.4. The molecule has 0 bridgehead atoms. The van der Waals surface area contributed by atoms with E-state index in [9.17, 15) is 10.1 Å². The Morgan fingerprint density at radius 3 is 2.71 bits per heavy atom. The molecule has 0 aliphatic carbocycles. The molecule has 2 aromatic heterocycles. The summed E-state index contributed by atoms with van der Waals surface area (Å²) in [7, 11) is 0. The highest BCUT2D eigenvalue weighted by Gasteiger charge is 2.27. The van der Waals surface area contributed by atoms with Crippen molar-refractivity contribution in [2.24, 2.45) is 5.92 Å². The van der Waals surface area contributed by atoms with E-state index in [0.29, 0.717) is 29.7 Å². The molecule has 0 saturated carbocycles. The Labute approximate surface area is 164 Å². The first-order chi connectivity index (χ1) is 13.7. The molecule has 142 valence electrons. The van der Waals surface area contributed by atoms with Gasteiger partial charge < -0.3 is 14.6 Å². The molecule has 3 heterocycles. The zero-order chi connectivity index (χ0) is 19.5. The Hall–Kier alpha value is -3.46. The number of aromatic nitrogens is 1. The van der Waals surface area contributed by atoms with Gasteiger partial charge in [-0.2, -0.15) is 5.26 Å². The van der Waals surface area contributed by atoms with Gasteiger partial charge in [-0.25, -0.2) is 0 Å². The van der Waals surface area contributed by atoms with E-state index < -0.39 is 0 Å². The summed E-state index contributed by atoms with van der Waals surface area (Å²) in [5.41, 5.74) is 1.80. The first-order valence-electron chi connectivity index (χ1n) is 9.42. The van der Waals surface area contributed by atoms with E-state index in [4.69, 9.17) is 4.42 Å². The van der Waals surface area contributed by atoms with Gasteiger partial charge in [0.1, 0.15) is 23.0 Å². The van der Waals surface area contributed by atoms with Gasteiger partial charge in [-0.3, -0.25) is 9.36 Å². The maximum Gasteiger partial charge on any atom is 0.256 e. The number of nitrogens with one attached hydrogen (secondary N) is 1. The summed E-state index contributed by atoms with van der Waals surface area (Å²) in [4.78, 5) is 15.1. The van der Waals surface area contributed by atoms with Crippen LogP contribution >= 0.6 is 0 Å². The van der Waals surface area contributed by atoms with Gasteiger partial charge in [-0.1, -0.05) is 18.2 Å². The van der Waals surface area contributed by atoms with Crippen LogP contribution < -0.4 is 10.2 Å². The molecular formula is C22H22N4O2. The Bertz CT molecular complexity index is 999. The average molecular weight is 374 g/mol. The number of hydrogen-bond acceptors (Lipinski definition) is 4. The third-order valence-corrected chi connectivity index (χ3v) is 5.20. The molecular weight excluding hydrogens is 352 g/mol. The minimum Gasteiger partial charge on any atom is -0.443 e. The second-order valence-corrected chi connectivity index (χ2v) is 7.06. The molecule has 0 spiro atoms. The number of nitriles is 1. The Morgan fingerprint density at radius 1 is 1.25 bits per heavy atom. The lowest BCUT2D eigenvalue weighted by atomic mass is 10.1. The van der Waals surface area contributed by atoms with Gasteiger partial charge in [0.25, 0.3) is 5.91 Å². The van der Waals surface area contributed by atoms with E-state index in [1.54, 1.807) is 23.9 Å². The molecule has 1 N–H and O–H groups in total. The van der Waals surface area contributed by atoms with Crippen LogP contribution in [-0.2, 0) is 0 Å². The fourth-order valence-corrected chi connectivity index (χ4v) is 3.76. The van der Waals surface area contributed by atoms with Crippen LogP contribution in [0.25, 0.3) is 5.88 Å². The molecule has 0 radical (unpaired) electrons. The van der Waals surface area contributed by atoms with Gasteiger partial charge in [0.05, 0.1) is 0 Å². The lowest BCUT2D eigenvalue weighted by Crippen LogP contribution is -2.31. The van der Waals surface area contributed by atoms with Gasteiger partial charge in [0, 0.05) is 37.7 Å². The fourth-order valence-electron chi connectivity index (χ4n) is 3.76. The molecule has 1 aliphatic rings. The maximum atomic E-state index is 12.8. The van der Waals surface area contributed by atoms with Crippen molar-refractivity contribution in [1.82, 2.24) is 9.88 Å². The van der Waals surface area contributed by atoms with Crippen LogP contribution in [0.15, 0.2) is 59.3 Å². The molecule has 1 amide bonds. The maximum absolute atomic E-state index is 12.8. The van der Waals surface area contributed by atoms with Gasteiger partial charge in [0.15, 0.2) is 0 Å². The molecule has 1 saturated heterocycles. The predicted molar refractivity (Wildman–Crippen MR) is 107 cm³/mol. The molecule has 1 aliphatic heterocycles. The predicted octanol–water partition coefficient (Wildman–Crippen LogP) is 3.51. The third-order valence-electron chi connectivity index (χ3n) is 5.20. The minimum absolute atomic E-state index is 0.255. The van der Waals surface area contributed by atoms with Gasteiger partial charge in [0.2, 0.25) is 5.88 Å².